The lowest BCUT2D eigenvalue weighted by Crippen LogP contribution is -2.27. The van der Waals surface area contributed by atoms with E-state index < -0.39 is 0 Å². The summed E-state index contributed by atoms with van der Waals surface area (Å²) in [5.41, 5.74) is 1.76. The van der Waals surface area contributed by atoms with E-state index in [9.17, 15) is 9.59 Å². The minimum absolute atomic E-state index is 0.224. The van der Waals surface area contributed by atoms with Crippen LogP contribution in [0, 0.1) is 0 Å². The molecule has 0 spiro atoms. The first-order valence-electron chi connectivity index (χ1n) is 7.80. The summed E-state index contributed by atoms with van der Waals surface area (Å²) in [6.07, 6.45) is 1.72. The Hall–Kier alpha value is -2.24. The molecule has 3 rings (SSSR count). The molecule has 0 radical (unpaired) electrons. The lowest BCUT2D eigenvalue weighted by atomic mass is 10.2. The first kappa shape index (κ1) is 17.6. The Labute approximate surface area is 155 Å². The average Bonchev–Trinajstić information content (AvgIpc) is 2.88. The van der Waals surface area contributed by atoms with Crippen LogP contribution in [-0.2, 0) is 11.4 Å². The lowest BCUT2D eigenvalue weighted by Gasteiger charge is -2.08. The molecule has 0 saturated carbocycles. The van der Waals surface area contributed by atoms with Crippen molar-refractivity contribution in [3.63, 3.8) is 0 Å². The smallest absolute Gasteiger partial charge is 0.293 e. The van der Waals surface area contributed by atoms with Gasteiger partial charge in [0.15, 0.2) is 0 Å². The van der Waals surface area contributed by atoms with E-state index in [1.54, 1.807) is 13.0 Å². The van der Waals surface area contributed by atoms with E-state index in [4.69, 9.17) is 16.3 Å². The maximum Gasteiger partial charge on any atom is 0.293 e. The second kappa shape index (κ2) is 7.76. The summed E-state index contributed by atoms with van der Waals surface area (Å²) < 4.78 is 5.73. The molecule has 0 unspecified atom stereocenters. The zero-order valence-electron chi connectivity index (χ0n) is 13.6. The van der Waals surface area contributed by atoms with E-state index in [0.717, 1.165) is 22.9 Å². The zero-order chi connectivity index (χ0) is 17.8. The number of carbonyl (C=O) groups is 2. The van der Waals surface area contributed by atoms with Gasteiger partial charge in [-0.2, -0.15) is 0 Å². The second-order valence-electron chi connectivity index (χ2n) is 5.38. The highest BCUT2D eigenvalue weighted by Crippen LogP contribution is 2.32. The number of amides is 2. The molecule has 1 aliphatic heterocycles. The van der Waals surface area contributed by atoms with Crippen LogP contribution in [-0.4, -0.2) is 22.6 Å². The molecule has 4 nitrogen and oxygen atoms in total. The summed E-state index contributed by atoms with van der Waals surface area (Å²) in [7, 11) is 0. The highest BCUT2D eigenvalue weighted by Gasteiger charge is 2.33. The summed E-state index contributed by atoms with van der Waals surface area (Å²) in [4.78, 5) is 25.5. The number of likely N-dealkylation sites (N-methyl/N-ethyl adjacent to an activating group) is 1. The molecule has 1 aliphatic rings. The third-order valence-electron chi connectivity index (χ3n) is 3.72. The quantitative estimate of drug-likeness (QED) is 0.694. The normalized spacial score (nSPS) is 15.9. The number of benzene rings is 2. The van der Waals surface area contributed by atoms with Crippen LogP contribution in [0.3, 0.4) is 0 Å². The van der Waals surface area contributed by atoms with Crippen molar-refractivity contribution in [3.8, 4) is 5.75 Å². The molecule has 2 aromatic rings. The molecule has 0 N–H and O–H groups in total. The maximum absolute atomic E-state index is 12.1. The van der Waals surface area contributed by atoms with Crippen LogP contribution >= 0.6 is 23.4 Å². The van der Waals surface area contributed by atoms with Gasteiger partial charge in [-0.05, 0) is 48.5 Å². The van der Waals surface area contributed by atoms with Crippen molar-refractivity contribution in [2.45, 2.75) is 13.5 Å². The van der Waals surface area contributed by atoms with Crippen LogP contribution in [0.4, 0.5) is 4.79 Å². The van der Waals surface area contributed by atoms with Crippen LogP contribution in [0.15, 0.2) is 53.4 Å². The number of imide groups is 1. The van der Waals surface area contributed by atoms with E-state index in [1.165, 1.54) is 4.90 Å². The molecule has 25 heavy (non-hydrogen) atoms. The topological polar surface area (TPSA) is 46.6 Å². The van der Waals surface area contributed by atoms with Gasteiger partial charge in [0.25, 0.3) is 11.1 Å². The van der Waals surface area contributed by atoms with Gasteiger partial charge in [0.05, 0.1) is 4.91 Å². The molecule has 2 amide bonds. The van der Waals surface area contributed by atoms with Gasteiger partial charge in [-0.1, -0.05) is 41.9 Å². The molecular formula is C19H16ClNO3S. The molecule has 0 atom stereocenters. The highest BCUT2D eigenvalue weighted by molar-refractivity contribution is 8.18. The van der Waals surface area contributed by atoms with Gasteiger partial charge in [0.1, 0.15) is 12.4 Å². The molecule has 6 heteroatoms. The van der Waals surface area contributed by atoms with Crippen molar-refractivity contribution < 1.29 is 14.3 Å². The average molecular weight is 374 g/mol. The van der Waals surface area contributed by atoms with Crippen molar-refractivity contribution in [1.82, 2.24) is 4.90 Å². The Morgan fingerprint density at radius 2 is 1.84 bits per heavy atom. The fourth-order valence-electron chi connectivity index (χ4n) is 2.36. The number of rotatable bonds is 5. The number of thioether (sulfide) groups is 1. The van der Waals surface area contributed by atoms with E-state index in [1.807, 2.05) is 48.5 Å². The standard InChI is InChI=1S/C19H16ClNO3S/c1-2-21-18(22)17(25-19(21)23)11-13-7-9-15(10-8-13)24-12-14-5-3-4-6-16(14)20/h3-11H,2,12H2,1H3. The molecule has 0 bridgehead atoms. The zero-order valence-corrected chi connectivity index (χ0v) is 15.1. The fourth-order valence-corrected chi connectivity index (χ4v) is 3.45. The number of halogens is 1. The molecular weight excluding hydrogens is 358 g/mol. The number of hydrogen-bond donors (Lipinski definition) is 0. The number of carbonyl (C=O) groups excluding carboxylic acids is 2. The van der Waals surface area contributed by atoms with Gasteiger partial charge in [-0.3, -0.25) is 14.5 Å². The van der Waals surface area contributed by atoms with Crippen LogP contribution in [0.5, 0.6) is 5.75 Å². The predicted molar refractivity (Wildman–Crippen MR) is 101 cm³/mol. The summed E-state index contributed by atoms with van der Waals surface area (Å²) >= 11 is 7.07. The summed E-state index contributed by atoms with van der Waals surface area (Å²) in [6, 6.07) is 14.9. The largest absolute Gasteiger partial charge is 0.489 e. The van der Waals surface area contributed by atoms with Crippen LogP contribution < -0.4 is 4.74 Å². The summed E-state index contributed by atoms with van der Waals surface area (Å²) in [5, 5.41) is 0.448. The van der Waals surface area contributed by atoms with E-state index in [-0.39, 0.29) is 11.1 Å². The number of nitrogens with zero attached hydrogens (tertiary/aromatic N) is 1. The third kappa shape index (κ3) is 4.06. The van der Waals surface area contributed by atoms with Crippen molar-refractivity contribution in [1.29, 1.82) is 0 Å². The Kier molecular flexibility index (Phi) is 5.46. The molecule has 2 aromatic carbocycles. The molecule has 1 saturated heterocycles. The monoisotopic (exact) mass is 373 g/mol. The first-order chi connectivity index (χ1) is 12.1. The Bertz CT molecular complexity index is 833. The Morgan fingerprint density at radius 1 is 1.12 bits per heavy atom. The van der Waals surface area contributed by atoms with Gasteiger partial charge in [0.2, 0.25) is 0 Å². The maximum atomic E-state index is 12.1. The second-order valence-corrected chi connectivity index (χ2v) is 6.78. The van der Waals surface area contributed by atoms with Gasteiger partial charge >= 0.3 is 0 Å². The number of hydrogen-bond acceptors (Lipinski definition) is 4. The van der Waals surface area contributed by atoms with Gasteiger partial charge < -0.3 is 4.74 Å². The minimum Gasteiger partial charge on any atom is -0.489 e. The van der Waals surface area contributed by atoms with E-state index in [2.05, 4.69) is 0 Å². The molecule has 128 valence electrons. The molecule has 1 heterocycles. The van der Waals surface area contributed by atoms with Crippen LogP contribution in [0.25, 0.3) is 6.08 Å². The molecule has 0 aliphatic carbocycles. The van der Waals surface area contributed by atoms with Gasteiger partial charge in [-0.15, -0.1) is 0 Å². The van der Waals surface area contributed by atoms with Crippen molar-refractivity contribution >= 4 is 40.6 Å². The van der Waals surface area contributed by atoms with Crippen molar-refractivity contribution in [2.24, 2.45) is 0 Å². The Morgan fingerprint density at radius 3 is 2.48 bits per heavy atom. The van der Waals surface area contributed by atoms with E-state index >= 15 is 0 Å². The van der Waals surface area contributed by atoms with Crippen molar-refractivity contribution in [3.05, 3.63) is 69.6 Å². The minimum atomic E-state index is -0.239. The SMILES string of the molecule is CCN1C(=O)SC(=Cc2ccc(OCc3ccccc3Cl)cc2)C1=O. The van der Waals surface area contributed by atoms with E-state index in [0.29, 0.717) is 28.8 Å². The number of ether oxygens (including phenoxy) is 1. The predicted octanol–water partition coefficient (Wildman–Crippen LogP) is 4.98. The molecule has 0 aromatic heterocycles. The first-order valence-corrected chi connectivity index (χ1v) is 8.99. The fraction of sp³-hybridized carbons (Fsp3) is 0.158. The lowest BCUT2D eigenvalue weighted by molar-refractivity contribution is -0.122. The highest BCUT2D eigenvalue weighted by atomic mass is 35.5. The van der Waals surface area contributed by atoms with Crippen LogP contribution in [0.2, 0.25) is 5.02 Å². The summed E-state index contributed by atoms with van der Waals surface area (Å²) in [5.74, 6) is 0.468. The van der Waals surface area contributed by atoms with Crippen molar-refractivity contribution in [2.75, 3.05) is 6.54 Å². The van der Waals surface area contributed by atoms with Crippen LogP contribution in [0.1, 0.15) is 18.1 Å². The summed E-state index contributed by atoms with van der Waals surface area (Å²) in [6.45, 7) is 2.55. The third-order valence-corrected chi connectivity index (χ3v) is 5.00. The Balaban J connectivity index is 1.67. The van der Waals surface area contributed by atoms with Gasteiger partial charge in [0, 0.05) is 17.1 Å². The molecule has 1 fully saturated rings. The van der Waals surface area contributed by atoms with Gasteiger partial charge in [-0.25, -0.2) is 0 Å².